The Labute approximate surface area is 117 Å². The maximum Gasteiger partial charge on any atom is 0.242 e. The predicted octanol–water partition coefficient (Wildman–Crippen LogP) is 3.18. The minimum Gasteiger partial charge on any atom is -0.338 e. The summed E-state index contributed by atoms with van der Waals surface area (Å²) in [6.45, 7) is 3.37. The molecule has 0 bridgehead atoms. The van der Waals surface area contributed by atoms with Crippen LogP contribution in [0.5, 0.6) is 0 Å². The van der Waals surface area contributed by atoms with Crippen molar-refractivity contribution in [2.75, 3.05) is 0 Å². The zero-order valence-electron chi connectivity index (χ0n) is 10.4. The Kier molecular flexibility index (Phi) is 4.31. The van der Waals surface area contributed by atoms with Crippen LogP contribution in [0.3, 0.4) is 0 Å². The first-order chi connectivity index (χ1) is 8.99. The molecule has 0 radical (unpaired) electrons. The van der Waals surface area contributed by atoms with E-state index in [9.17, 15) is 8.60 Å². The minimum absolute atomic E-state index is 0.00804. The summed E-state index contributed by atoms with van der Waals surface area (Å²) < 4.78 is 30.8. The number of rotatable bonds is 4. The predicted molar refractivity (Wildman–Crippen MR) is 70.7 cm³/mol. The Morgan fingerprint density at radius 3 is 2.84 bits per heavy atom. The Bertz CT molecular complexity index is 597. The van der Waals surface area contributed by atoms with E-state index in [0.717, 1.165) is 0 Å². The van der Waals surface area contributed by atoms with Gasteiger partial charge in [-0.25, -0.2) is 4.39 Å². The number of aromatic nitrogens is 2. The molecule has 2 rings (SSSR count). The summed E-state index contributed by atoms with van der Waals surface area (Å²) in [4.78, 5) is 4.02. The quantitative estimate of drug-likeness (QED) is 0.870. The molecule has 2 atom stereocenters. The maximum absolute atomic E-state index is 13.6. The molecule has 0 saturated carbocycles. The summed E-state index contributed by atoms with van der Waals surface area (Å²) >= 11 is 5.90. The molecule has 0 saturated heterocycles. The molecule has 0 spiro atoms. The standard InChI is InChI=1S/C12H12ClFN2O2S/c1-7(12-15-8(2)16-18-12)19(17)6-9-10(13)4-3-5-11(9)14/h3-5,7H,6H2,1-2H3/t7-,19-/m1/s1. The second-order valence-corrected chi connectivity index (χ2v) is 6.21. The summed E-state index contributed by atoms with van der Waals surface area (Å²) in [5.74, 6) is 0.300. The molecule has 0 N–H and O–H groups in total. The second-order valence-electron chi connectivity index (χ2n) is 4.05. The molecule has 1 aromatic heterocycles. The first-order valence-electron chi connectivity index (χ1n) is 5.59. The van der Waals surface area contributed by atoms with Crippen LogP contribution in [0.15, 0.2) is 22.7 Å². The van der Waals surface area contributed by atoms with Gasteiger partial charge in [0.15, 0.2) is 5.82 Å². The molecular formula is C12H12ClFN2O2S. The normalized spacial score (nSPS) is 14.3. The average molecular weight is 303 g/mol. The van der Waals surface area contributed by atoms with Crippen molar-refractivity contribution in [3.8, 4) is 0 Å². The first-order valence-corrected chi connectivity index (χ1v) is 7.35. The van der Waals surface area contributed by atoms with Crippen LogP contribution in [0.25, 0.3) is 0 Å². The number of hydrogen-bond donors (Lipinski definition) is 0. The van der Waals surface area contributed by atoms with Gasteiger partial charge in [0.2, 0.25) is 5.89 Å². The summed E-state index contributed by atoms with van der Waals surface area (Å²) in [5.41, 5.74) is 0.241. The van der Waals surface area contributed by atoms with E-state index in [0.29, 0.717) is 5.82 Å². The lowest BCUT2D eigenvalue weighted by Gasteiger charge is -2.09. The van der Waals surface area contributed by atoms with E-state index in [2.05, 4.69) is 10.1 Å². The molecule has 0 amide bonds. The van der Waals surface area contributed by atoms with Gasteiger partial charge in [0, 0.05) is 21.4 Å². The highest BCUT2D eigenvalue weighted by Gasteiger charge is 2.22. The number of nitrogens with zero attached hydrogens (tertiary/aromatic N) is 2. The molecule has 4 nitrogen and oxygen atoms in total. The molecule has 0 aliphatic carbocycles. The zero-order valence-corrected chi connectivity index (χ0v) is 12.0. The van der Waals surface area contributed by atoms with Crippen molar-refractivity contribution in [1.29, 1.82) is 0 Å². The first kappa shape index (κ1) is 14.1. The van der Waals surface area contributed by atoms with Crippen LogP contribution < -0.4 is 0 Å². The fourth-order valence-electron chi connectivity index (χ4n) is 1.53. The van der Waals surface area contributed by atoms with Crippen LogP contribution in [0.1, 0.15) is 29.5 Å². The minimum atomic E-state index is -1.39. The van der Waals surface area contributed by atoms with Crippen molar-refractivity contribution in [2.24, 2.45) is 0 Å². The average Bonchev–Trinajstić information content (AvgIpc) is 2.79. The van der Waals surface area contributed by atoms with Gasteiger partial charge in [-0.1, -0.05) is 22.8 Å². The van der Waals surface area contributed by atoms with Crippen LogP contribution >= 0.6 is 11.6 Å². The van der Waals surface area contributed by atoms with Crippen molar-refractivity contribution in [3.63, 3.8) is 0 Å². The molecule has 2 aromatic rings. The molecule has 7 heteroatoms. The number of benzene rings is 1. The van der Waals surface area contributed by atoms with Gasteiger partial charge in [-0.15, -0.1) is 0 Å². The molecule has 1 aromatic carbocycles. The van der Waals surface area contributed by atoms with Crippen molar-refractivity contribution in [1.82, 2.24) is 10.1 Å². The van der Waals surface area contributed by atoms with E-state index >= 15 is 0 Å². The van der Waals surface area contributed by atoms with Gasteiger partial charge in [0.25, 0.3) is 0 Å². The Morgan fingerprint density at radius 2 is 2.26 bits per heavy atom. The molecular weight excluding hydrogens is 291 g/mol. The Morgan fingerprint density at radius 1 is 1.53 bits per heavy atom. The van der Waals surface area contributed by atoms with E-state index < -0.39 is 21.9 Å². The molecule has 0 unspecified atom stereocenters. The van der Waals surface area contributed by atoms with E-state index in [-0.39, 0.29) is 22.2 Å². The van der Waals surface area contributed by atoms with Crippen LogP contribution in [0, 0.1) is 12.7 Å². The summed E-state index contributed by atoms with van der Waals surface area (Å²) in [6, 6.07) is 4.37. The molecule has 1 heterocycles. The van der Waals surface area contributed by atoms with Crippen LogP contribution in [-0.2, 0) is 16.6 Å². The van der Waals surface area contributed by atoms with E-state index in [1.807, 2.05) is 0 Å². The fourth-order valence-corrected chi connectivity index (χ4v) is 2.99. The highest BCUT2D eigenvalue weighted by Crippen LogP contribution is 2.25. The highest BCUT2D eigenvalue weighted by atomic mass is 35.5. The van der Waals surface area contributed by atoms with Crippen LogP contribution in [0.4, 0.5) is 4.39 Å². The van der Waals surface area contributed by atoms with E-state index in [1.54, 1.807) is 19.9 Å². The zero-order chi connectivity index (χ0) is 14.0. The monoisotopic (exact) mass is 302 g/mol. The van der Waals surface area contributed by atoms with Gasteiger partial charge < -0.3 is 4.52 Å². The number of aryl methyl sites for hydroxylation is 1. The SMILES string of the molecule is Cc1noc([C@@H](C)[S@](=O)Cc2c(F)cccc2Cl)n1. The second kappa shape index (κ2) is 5.79. The van der Waals surface area contributed by atoms with Gasteiger partial charge in [-0.05, 0) is 26.0 Å². The topological polar surface area (TPSA) is 56.0 Å². The summed E-state index contributed by atoms with van der Waals surface area (Å²) in [5, 5.41) is 3.43. The van der Waals surface area contributed by atoms with Crippen molar-refractivity contribution >= 4 is 22.4 Å². The lowest BCUT2D eigenvalue weighted by molar-refractivity contribution is 0.375. The largest absolute Gasteiger partial charge is 0.338 e. The third-order valence-corrected chi connectivity index (χ3v) is 4.55. The molecule has 102 valence electrons. The lowest BCUT2D eigenvalue weighted by atomic mass is 10.2. The molecule has 0 fully saturated rings. The van der Waals surface area contributed by atoms with E-state index in [4.69, 9.17) is 16.1 Å². The Hall–Kier alpha value is -1.27. The molecule has 0 aliphatic heterocycles. The van der Waals surface area contributed by atoms with Crippen molar-refractivity contribution < 1.29 is 13.1 Å². The number of hydrogen-bond acceptors (Lipinski definition) is 4. The third kappa shape index (κ3) is 3.19. The van der Waals surface area contributed by atoms with Crippen molar-refractivity contribution in [2.45, 2.75) is 24.9 Å². The molecule has 0 aliphatic rings. The summed E-state index contributed by atoms with van der Waals surface area (Å²) in [6.07, 6.45) is 0. The van der Waals surface area contributed by atoms with Gasteiger partial charge >= 0.3 is 0 Å². The summed E-state index contributed by atoms with van der Waals surface area (Å²) in [7, 11) is -1.39. The van der Waals surface area contributed by atoms with Gasteiger partial charge in [-0.3, -0.25) is 4.21 Å². The third-order valence-electron chi connectivity index (χ3n) is 2.63. The Balaban J connectivity index is 2.17. The number of halogens is 2. The van der Waals surface area contributed by atoms with Gasteiger partial charge in [0.05, 0.1) is 5.75 Å². The van der Waals surface area contributed by atoms with Gasteiger partial charge in [0.1, 0.15) is 11.1 Å². The van der Waals surface area contributed by atoms with E-state index in [1.165, 1.54) is 12.1 Å². The fraction of sp³-hybridized carbons (Fsp3) is 0.333. The maximum atomic E-state index is 13.6. The van der Waals surface area contributed by atoms with Crippen molar-refractivity contribution in [3.05, 3.63) is 46.3 Å². The van der Waals surface area contributed by atoms with Crippen LogP contribution in [-0.4, -0.2) is 14.3 Å². The van der Waals surface area contributed by atoms with Crippen LogP contribution in [0.2, 0.25) is 5.02 Å². The lowest BCUT2D eigenvalue weighted by Crippen LogP contribution is -2.07. The highest BCUT2D eigenvalue weighted by molar-refractivity contribution is 7.84. The van der Waals surface area contributed by atoms with Gasteiger partial charge in [-0.2, -0.15) is 4.98 Å². The smallest absolute Gasteiger partial charge is 0.242 e. The molecule has 19 heavy (non-hydrogen) atoms.